The minimum atomic E-state index is -0.172. The molecule has 26 heavy (non-hydrogen) atoms. The van der Waals surface area contributed by atoms with Crippen molar-refractivity contribution in [2.24, 2.45) is 0 Å². The average molecular weight is 354 g/mol. The summed E-state index contributed by atoms with van der Waals surface area (Å²) >= 11 is 0. The van der Waals surface area contributed by atoms with Crippen molar-refractivity contribution < 1.29 is 14.3 Å². The molecule has 138 valence electrons. The van der Waals surface area contributed by atoms with Crippen LogP contribution in [0.3, 0.4) is 0 Å². The highest BCUT2D eigenvalue weighted by Crippen LogP contribution is 2.21. The van der Waals surface area contributed by atoms with Crippen molar-refractivity contribution in [1.82, 2.24) is 5.32 Å². The zero-order valence-corrected chi connectivity index (χ0v) is 15.8. The third-order valence-electron chi connectivity index (χ3n) is 4.23. The van der Waals surface area contributed by atoms with E-state index < -0.39 is 0 Å². The maximum absolute atomic E-state index is 12.3. The third-order valence-corrected chi connectivity index (χ3v) is 4.23. The SMILES string of the molecule is COc1ccc(CCNC(=O)CN(C(C)=O)c2cc(C)ccc2C)cc1. The molecule has 0 radical (unpaired) electrons. The van der Waals surface area contributed by atoms with Crippen LogP contribution in [0.5, 0.6) is 5.75 Å². The van der Waals surface area contributed by atoms with Gasteiger partial charge >= 0.3 is 0 Å². The molecule has 2 rings (SSSR count). The molecule has 0 aliphatic rings. The lowest BCUT2D eigenvalue weighted by molar-refractivity contribution is -0.123. The number of aryl methyl sites for hydroxylation is 2. The summed E-state index contributed by atoms with van der Waals surface area (Å²) in [4.78, 5) is 25.8. The van der Waals surface area contributed by atoms with E-state index in [2.05, 4.69) is 5.32 Å². The Morgan fingerprint density at radius 1 is 1.08 bits per heavy atom. The van der Waals surface area contributed by atoms with Gasteiger partial charge in [0.2, 0.25) is 11.8 Å². The summed E-state index contributed by atoms with van der Waals surface area (Å²) < 4.78 is 5.13. The van der Waals surface area contributed by atoms with Crippen LogP contribution < -0.4 is 15.0 Å². The predicted molar refractivity (Wildman–Crippen MR) is 104 cm³/mol. The number of carbonyl (C=O) groups excluding carboxylic acids is 2. The molecule has 2 amide bonds. The van der Waals surface area contributed by atoms with Crippen LogP contribution in [0.2, 0.25) is 0 Å². The Bertz CT molecular complexity index is 769. The summed E-state index contributed by atoms with van der Waals surface area (Å²) in [5, 5.41) is 2.88. The molecule has 0 atom stereocenters. The highest BCUT2D eigenvalue weighted by atomic mass is 16.5. The van der Waals surface area contributed by atoms with Gasteiger partial charge in [-0.1, -0.05) is 24.3 Å². The van der Waals surface area contributed by atoms with Crippen molar-refractivity contribution in [1.29, 1.82) is 0 Å². The molecule has 1 N–H and O–H groups in total. The second-order valence-electron chi connectivity index (χ2n) is 6.34. The van der Waals surface area contributed by atoms with Gasteiger partial charge in [0.15, 0.2) is 0 Å². The Morgan fingerprint density at radius 2 is 1.77 bits per heavy atom. The van der Waals surface area contributed by atoms with Crippen molar-refractivity contribution in [3.05, 3.63) is 59.2 Å². The van der Waals surface area contributed by atoms with E-state index in [1.165, 1.54) is 11.8 Å². The first-order valence-electron chi connectivity index (χ1n) is 8.65. The van der Waals surface area contributed by atoms with Crippen molar-refractivity contribution in [2.75, 3.05) is 25.1 Å². The van der Waals surface area contributed by atoms with Crippen molar-refractivity contribution in [3.8, 4) is 5.75 Å². The number of rotatable bonds is 7. The maximum atomic E-state index is 12.3. The summed E-state index contributed by atoms with van der Waals surface area (Å²) in [7, 11) is 1.63. The van der Waals surface area contributed by atoms with Crippen LogP contribution in [0.1, 0.15) is 23.6 Å². The van der Waals surface area contributed by atoms with Crippen molar-refractivity contribution in [2.45, 2.75) is 27.2 Å². The number of hydrogen-bond donors (Lipinski definition) is 1. The van der Waals surface area contributed by atoms with E-state index in [-0.39, 0.29) is 18.4 Å². The van der Waals surface area contributed by atoms with Gasteiger partial charge in [-0.15, -0.1) is 0 Å². The van der Waals surface area contributed by atoms with Crippen LogP contribution in [0.25, 0.3) is 0 Å². The monoisotopic (exact) mass is 354 g/mol. The molecular weight excluding hydrogens is 328 g/mol. The molecule has 0 saturated carbocycles. The molecule has 5 heteroatoms. The number of amides is 2. The summed E-state index contributed by atoms with van der Waals surface area (Å²) in [6, 6.07) is 13.6. The topological polar surface area (TPSA) is 58.6 Å². The van der Waals surface area contributed by atoms with Gasteiger partial charge in [-0.2, -0.15) is 0 Å². The molecule has 0 unspecified atom stereocenters. The lowest BCUT2D eigenvalue weighted by atomic mass is 10.1. The van der Waals surface area contributed by atoms with Gasteiger partial charge in [-0.05, 0) is 55.2 Å². The molecule has 0 aliphatic carbocycles. The molecule has 0 spiro atoms. The highest BCUT2D eigenvalue weighted by molar-refractivity contribution is 5.98. The number of methoxy groups -OCH3 is 1. The van der Waals surface area contributed by atoms with Gasteiger partial charge in [-0.25, -0.2) is 0 Å². The minimum absolute atomic E-state index is 0.0161. The molecule has 0 bridgehead atoms. The quantitative estimate of drug-likeness (QED) is 0.831. The molecule has 0 aliphatic heterocycles. The third kappa shape index (κ3) is 5.34. The van der Waals surface area contributed by atoms with Gasteiger partial charge in [0.25, 0.3) is 0 Å². The standard InChI is InChI=1S/C21H26N2O3/c1-15-5-6-16(2)20(13-15)23(17(3)24)14-21(25)22-12-11-18-7-9-19(26-4)10-8-18/h5-10,13H,11-12,14H2,1-4H3,(H,22,25). The van der Waals surface area contributed by atoms with Crippen LogP contribution in [-0.4, -0.2) is 32.0 Å². The number of anilines is 1. The van der Waals surface area contributed by atoms with E-state index >= 15 is 0 Å². The van der Waals surface area contributed by atoms with E-state index in [9.17, 15) is 9.59 Å². The smallest absolute Gasteiger partial charge is 0.240 e. The number of benzene rings is 2. The normalized spacial score (nSPS) is 10.3. The fourth-order valence-electron chi connectivity index (χ4n) is 2.71. The first kappa shape index (κ1) is 19.5. The van der Waals surface area contributed by atoms with Crippen molar-refractivity contribution >= 4 is 17.5 Å². The fourth-order valence-corrected chi connectivity index (χ4v) is 2.71. The number of carbonyl (C=O) groups is 2. The Kier molecular flexibility index (Phi) is 6.78. The van der Waals surface area contributed by atoms with Crippen LogP contribution in [0, 0.1) is 13.8 Å². The second kappa shape index (κ2) is 9.04. The number of hydrogen-bond acceptors (Lipinski definition) is 3. The Balaban J connectivity index is 1.93. The zero-order valence-electron chi connectivity index (χ0n) is 15.8. The Morgan fingerprint density at radius 3 is 2.38 bits per heavy atom. The first-order chi connectivity index (χ1) is 12.4. The Labute approximate surface area is 155 Å². The molecule has 0 heterocycles. The second-order valence-corrected chi connectivity index (χ2v) is 6.34. The van der Waals surface area contributed by atoms with Crippen LogP contribution in [0.4, 0.5) is 5.69 Å². The number of nitrogens with one attached hydrogen (secondary N) is 1. The number of nitrogens with zero attached hydrogens (tertiary/aromatic N) is 1. The number of ether oxygens (including phenoxy) is 1. The highest BCUT2D eigenvalue weighted by Gasteiger charge is 2.17. The molecule has 0 saturated heterocycles. The average Bonchev–Trinajstić information content (AvgIpc) is 2.62. The van der Waals surface area contributed by atoms with E-state index in [1.54, 1.807) is 7.11 Å². The van der Waals surface area contributed by atoms with E-state index in [1.807, 2.05) is 56.3 Å². The van der Waals surface area contributed by atoms with E-state index in [0.717, 1.165) is 34.5 Å². The van der Waals surface area contributed by atoms with Gasteiger partial charge in [0, 0.05) is 19.2 Å². The summed E-state index contributed by atoms with van der Waals surface area (Å²) in [5.74, 6) is 0.488. The van der Waals surface area contributed by atoms with Crippen LogP contribution in [-0.2, 0) is 16.0 Å². The molecule has 5 nitrogen and oxygen atoms in total. The van der Waals surface area contributed by atoms with Gasteiger partial charge in [0.05, 0.1) is 7.11 Å². The maximum Gasteiger partial charge on any atom is 0.240 e. The molecule has 2 aromatic carbocycles. The van der Waals surface area contributed by atoms with Crippen LogP contribution in [0.15, 0.2) is 42.5 Å². The van der Waals surface area contributed by atoms with Crippen LogP contribution >= 0.6 is 0 Å². The van der Waals surface area contributed by atoms with Gasteiger partial charge in [0.1, 0.15) is 12.3 Å². The van der Waals surface area contributed by atoms with Gasteiger partial charge in [-0.3, -0.25) is 9.59 Å². The van der Waals surface area contributed by atoms with Crippen molar-refractivity contribution in [3.63, 3.8) is 0 Å². The zero-order chi connectivity index (χ0) is 19.1. The lowest BCUT2D eigenvalue weighted by Gasteiger charge is -2.23. The van der Waals surface area contributed by atoms with Gasteiger partial charge < -0.3 is 15.0 Å². The molecule has 0 aromatic heterocycles. The molecule has 0 fully saturated rings. The summed E-state index contributed by atoms with van der Waals surface area (Å²) in [5.41, 5.74) is 3.92. The van der Waals surface area contributed by atoms with E-state index in [0.29, 0.717) is 6.54 Å². The van der Waals surface area contributed by atoms with E-state index in [4.69, 9.17) is 4.74 Å². The fraction of sp³-hybridized carbons (Fsp3) is 0.333. The Hall–Kier alpha value is -2.82. The molecular formula is C21H26N2O3. The summed E-state index contributed by atoms with van der Waals surface area (Å²) in [6.45, 7) is 5.92. The lowest BCUT2D eigenvalue weighted by Crippen LogP contribution is -2.40. The molecule has 2 aromatic rings. The largest absolute Gasteiger partial charge is 0.497 e. The minimum Gasteiger partial charge on any atom is -0.497 e. The predicted octanol–water partition coefficient (Wildman–Crippen LogP) is 3.02. The first-order valence-corrected chi connectivity index (χ1v) is 8.65. The summed E-state index contributed by atoms with van der Waals surface area (Å²) in [6.07, 6.45) is 0.722.